The van der Waals surface area contributed by atoms with E-state index in [1.165, 1.54) is 19.3 Å². The average molecular weight is 228 g/mol. The van der Waals surface area contributed by atoms with Crippen LogP contribution >= 0.6 is 0 Å². The first-order chi connectivity index (χ1) is 7.77. The van der Waals surface area contributed by atoms with E-state index in [9.17, 15) is 0 Å². The summed E-state index contributed by atoms with van der Waals surface area (Å²) in [4.78, 5) is 2.36. The maximum absolute atomic E-state index is 5.91. The molecule has 2 aliphatic rings. The summed E-state index contributed by atoms with van der Waals surface area (Å²) in [6.07, 6.45) is 5.14. The SMILES string of the molecule is CN(CC1CCCCO1)C1(CN)CCOC1. The van der Waals surface area contributed by atoms with Gasteiger partial charge in [0, 0.05) is 26.3 Å². The van der Waals surface area contributed by atoms with E-state index in [0.29, 0.717) is 12.6 Å². The second-order valence-corrected chi connectivity index (χ2v) is 5.10. The van der Waals surface area contributed by atoms with Crippen molar-refractivity contribution in [3.05, 3.63) is 0 Å². The minimum Gasteiger partial charge on any atom is -0.379 e. The summed E-state index contributed by atoms with van der Waals surface area (Å²) >= 11 is 0. The maximum Gasteiger partial charge on any atom is 0.0702 e. The van der Waals surface area contributed by atoms with Crippen LogP contribution in [0.3, 0.4) is 0 Å². The van der Waals surface area contributed by atoms with Crippen molar-refractivity contribution in [2.45, 2.75) is 37.3 Å². The fraction of sp³-hybridized carbons (Fsp3) is 1.00. The molecule has 94 valence electrons. The summed E-state index contributed by atoms with van der Waals surface area (Å²) in [7, 11) is 2.15. The van der Waals surface area contributed by atoms with E-state index >= 15 is 0 Å². The van der Waals surface area contributed by atoms with E-state index in [2.05, 4.69) is 11.9 Å². The van der Waals surface area contributed by atoms with Crippen LogP contribution in [0.25, 0.3) is 0 Å². The Morgan fingerprint density at radius 2 is 2.25 bits per heavy atom. The van der Waals surface area contributed by atoms with Gasteiger partial charge in [-0.15, -0.1) is 0 Å². The Morgan fingerprint density at radius 3 is 2.81 bits per heavy atom. The zero-order valence-electron chi connectivity index (χ0n) is 10.3. The summed E-state index contributed by atoms with van der Waals surface area (Å²) in [5.74, 6) is 0. The predicted octanol–water partition coefficient (Wildman–Crippen LogP) is 0.605. The third-order valence-corrected chi connectivity index (χ3v) is 4.02. The molecule has 2 aliphatic heterocycles. The Hall–Kier alpha value is -0.160. The van der Waals surface area contributed by atoms with Crippen LogP contribution in [0.4, 0.5) is 0 Å². The Labute approximate surface area is 98.1 Å². The van der Waals surface area contributed by atoms with Gasteiger partial charge in [-0.1, -0.05) is 0 Å². The van der Waals surface area contributed by atoms with Gasteiger partial charge in [-0.3, -0.25) is 4.90 Å². The van der Waals surface area contributed by atoms with Gasteiger partial charge in [0.05, 0.1) is 18.2 Å². The molecule has 0 amide bonds. The smallest absolute Gasteiger partial charge is 0.0702 e. The van der Waals surface area contributed by atoms with Crippen molar-refractivity contribution in [3.63, 3.8) is 0 Å². The molecular formula is C12H24N2O2. The highest BCUT2D eigenvalue weighted by molar-refractivity contribution is 4.94. The van der Waals surface area contributed by atoms with Gasteiger partial charge < -0.3 is 15.2 Å². The van der Waals surface area contributed by atoms with Gasteiger partial charge in [0.2, 0.25) is 0 Å². The van der Waals surface area contributed by atoms with Gasteiger partial charge in [-0.2, -0.15) is 0 Å². The molecule has 0 aromatic carbocycles. The van der Waals surface area contributed by atoms with Crippen molar-refractivity contribution in [2.24, 2.45) is 5.73 Å². The molecule has 4 heteroatoms. The largest absolute Gasteiger partial charge is 0.379 e. The van der Waals surface area contributed by atoms with Gasteiger partial charge in [0.1, 0.15) is 0 Å². The lowest BCUT2D eigenvalue weighted by molar-refractivity contribution is -0.0239. The van der Waals surface area contributed by atoms with E-state index in [-0.39, 0.29) is 5.54 Å². The topological polar surface area (TPSA) is 47.7 Å². The summed E-state index contributed by atoms with van der Waals surface area (Å²) < 4.78 is 11.3. The Balaban J connectivity index is 1.87. The maximum atomic E-state index is 5.91. The second-order valence-electron chi connectivity index (χ2n) is 5.10. The molecule has 0 spiro atoms. The summed E-state index contributed by atoms with van der Waals surface area (Å²) in [5, 5.41) is 0. The van der Waals surface area contributed by atoms with Crippen LogP contribution in [0.5, 0.6) is 0 Å². The first-order valence-corrected chi connectivity index (χ1v) is 6.37. The van der Waals surface area contributed by atoms with E-state index in [4.69, 9.17) is 15.2 Å². The van der Waals surface area contributed by atoms with Crippen LogP contribution in [-0.2, 0) is 9.47 Å². The molecule has 0 bridgehead atoms. The molecule has 2 saturated heterocycles. The third-order valence-electron chi connectivity index (χ3n) is 4.02. The Bertz CT molecular complexity index is 211. The van der Waals surface area contributed by atoms with Crippen LogP contribution in [0, 0.1) is 0 Å². The van der Waals surface area contributed by atoms with Gasteiger partial charge in [0.15, 0.2) is 0 Å². The highest BCUT2D eigenvalue weighted by Gasteiger charge is 2.38. The highest BCUT2D eigenvalue weighted by Crippen LogP contribution is 2.25. The summed E-state index contributed by atoms with van der Waals surface area (Å²) in [5.41, 5.74) is 5.97. The van der Waals surface area contributed by atoms with Crippen molar-refractivity contribution < 1.29 is 9.47 Å². The molecule has 16 heavy (non-hydrogen) atoms. The zero-order valence-corrected chi connectivity index (χ0v) is 10.3. The van der Waals surface area contributed by atoms with Gasteiger partial charge in [-0.05, 0) is 32.7 Å². The molecule has 2 unspecified atom stereocenters. The fourth-order valence-electron chi connectivity index (χ4n) is 2.66. The normalized spacial score (nSPS) is 35.8. The minimum atomic E-state index is 0.0564. The van der Waals surface area contributed by atoms with E-state index in [1.54, 1.807) is 0 Å². The van der Waals surface area contributed by atoms with Gasteiger partial charge in [-0.25, -0.2) is 0 Å². The number of nitrogens with zero attached hydrogens (tertiary/aromatic N) is 1. The number of hydrogen-bond donors (Lipinski definition) is 1. The monoisotopic (exact) mass is 228 g/mol. The van der Waals surface area contributed by atoms with Crippen LogP contribution in [0.15, 0.2) is 0 Å². The lowest BCUT2D eigenvalue weighted by Crippen LogP contribution is -2.55. The molecule has 2 N–H and O–H groups in total. The summed E-state index contributed by atoms with van der Waals surface area (Å²) in [6, 6.07) is 0. The standard InChI is InChI=1S/C12H24N2O2/c1-14(8-11-4-2-3-6-16-11)12(9-13)5-7-15-10-12/h11H,2-10,13H2,1H3. The van der Waals surface area contributed by atoms with E-state index in [0.717, 1.165) is 32.8 Å². The molecular weight excluding hydrogens is 204 g/mol. The van der Waals surface area contributed by atoms with Crippen LogP contribution < -0.4 is 5.73 Å². The number of likely N-dealkylation sites (N-methyl/N-ethyl adjacent to an activating group) is 1. The molecule has 4 nitrogen and oxygen atoms in total. The minimum absolute atomic E-state index is 0.0564. The molecule has 0 radical (unpaired) electrons. The molecule has 0 aliphatic carbocycles. The van der Waals surface area contributed by atoms with Crippen LogP contribution in [0.1, 0.15) is 25.7 Å². The van der Waals surface area contributed by atoms with Crippen molar-refractivity contribution >= 4 is 0 Å². The second kappa shape index (κ2) is 5.45. The number of rotatable bonds is 4. The molecule has 2 atom stereocenters. The van der Waals surface area contributed by atoms with Crippen LogP contribution in [-0.4, -0.2) is 56.5 Å². The van der Waals surface area contributed by atoms with Crippen molar-refractivity contribution in [3.8, 4) is 0 Å². The molecule has 0 aromatic rings. The molecule has 0 aromatic heterocycles. The molecule has 0 saturated carbocycles. The Kier molecular flexibility index (Phi) is 4.19. The van der Waals surface area contributed by atoms with Gasteiger partial charge in [0.25, 0.3) is 0 Å². The van der Waals surface area contributed by atoms with E-state index < -0.39 is 0 Å². The number of nitrogens with two attached hydrogens (primary N) is 1. The zero-order chi connectivity index (χ0) is 11.4. The summed E-state index contributed by atoms with van der Waals surface area (Å²) in [6.45, 7) is 4.20. The fourth-order valence-corrected chi connectivity index (χ4v) is 2.66. The first kappa shape index (κ1) is 12.3. The van der Waals surface area contributed by atoms with Crippen molar-refractivity contribution in [2.75, 3.05) is 40.0 Å². The Morgan fingerprint density at radius 1 is 1.38 bits per heavy atom. The lowest BCUT2D eigenvalue weighted by Gasteiger charge is -2.39. The molecule has 2 fully saturated rings. The number of ether oxygens (including phenoxy) is 2. The quantitative estimate of drug-likeness (QED) is 0.765. The average Bonchev–Trinajstić information content (AvgIpc) is 2.80. The predicted molar refractivity (Wildman–Crippen MR) is 63.4 cm³/mol. The van der Waals surface area contributed by atoms with Crippen molar-refractivity contribution in [1.82, 2.24) is 4.90 Å². The third kappa shape index (κ3) is 2.56. The first-order valence-electron chi connectivity index (χ1n) is 6.37. The molecule has 2 rings (SSSR count). The van der Waals surface area contributed by atoms with Crippen molar-refractivity contribution in [1.29, 1.82) is 0 Å². The molecule has 2 heterocycles. The van der Waals surface area contributed by atoms with Crippen LogP contribution in [0.2, 0.25) is 0 Å². The number of hydrogen-bond acceptors (Lipinski definition) is 4. The lowest BCUT2D eigenvalue weighted by atomic mass is 9.96. The van der Waals surface area contributed by atoms with Gasteiger partial charge >= 0.3 is 0 Å². The highest BCUT2D eigenvalue weighted by atomic mass is 16.5. The van der Waals surface area contributed by atoms with E-state index in [1.807, 2.05) is 0 Å².